The van der Waals surface area contributed by atoms with E-state index in [0.717, 1.165) is 24.8 Å². The summed E-state index contributed by atoms with van der Waals surface area (Å²) in [7, 11) is 0. The summed E-state index contributed by atoms with van der Waals surface area (Å²) >= 11 is 0. The number of nitrogens with zero attached hydrogens (tertiary/aromatic N) is 2. The monoisotopic (exact) mass is 581 g/mol. The average Bonchev–Trinajstić information content (AvgIpc) is 3.81. The van der Waals surface area contributed by atoms with Gasteiger partial charge >= 0.3 is 0 Å². The van der Waals surface area contributed by atoms with Gasteiger partial charge in [-0.1, -0.05) is 42.8 Å². The number of carbonyl (C=O) groups excluding carboxylic acids is 4. The van der Waals surface area contributed by atoms with E-state index < -0.39 is 12.1 Å². The van der Waals surface area contributed by atoms with Crippen LogP contribution in [0.2, 0.25) is 0 Å². The lowest BCUT2D eigenvalue weighted by molar-refractivity contribution is -0.134. The van der Waals surface area contributed by atoms with E-state index in [-0.39, 0.29) is 60.9 Å². The normalized spacial score (nSPS) is 23.5. The summed E-state index contributed by atoms with van der Waals surface area (Å²) in [4.78, 5) is 58.5. The number of rotatable bonds is 10. The standard InChI is InChI=1S/C33H35N5O5/c34-16-22-8-5-11-26-25(22)15-28(36-26)33(42)38-17-23-9-4-10-24(23)30(38)32(41)37-27(14-21-12-13-35-31(21)40)29(39)19-43-18-20-6-2-1-3-7-20/h1-3,5-8,11,15,21,23-24,27,30,36H,4,9-10,12-14,17-19H2,(H,35,40)(H,37,41)/t21-,23?,24?,27-,30?/m0/s1. The van der Waals surface area contributed by atoms with Gasteiger partial charge in [0.25, 0.3) is 5.91 Å². The molecule has 6 rings (SSSR count). The Morgan fingerprint density at radius 1 is 1.09 bits per heavy atom. The third kappa shape index (κ3) is 5.90. The number of aromatic amines is 1. The summed E-state index contributed by atoms with van der Waals surface area (Å²) in [5.41, 5.74) is 2.39. The fourth-order valence-electron chi connectivity index (χ4n) is 7.00. The van der Waals surface area contributed by atoms with Gasteiger partial charge < -0.3 is 25.3 Å². The zero-order chi connectivity index (χ0) is 29.9. The molecule has 0 radical (unpaired) electrons. The lowest BCUT2D eigenvalue weighted by Gasteiger charge is -2.29. The molecule has 3 heterocycles. The first-order valence-corrected chi connectivity index (χ1v) is 15.0. The van der Waals surface area contributed by atoms with E-state index in [1.54, 1.807) is 23.1 Å². The molecule has 3 amide bonds. The molecular weight excluding hydrogens is 546 g/mol. The third-order valence-corrected chi connectivity index (χ3v) is 9.18. The molecule has 2 aliphatic heterocycles. The molecule has 10 nitrogen and oxygen atoms in total. The Kier molecular flexibility index (Phi) is 8.25. The van der Waals surface area contributed by atoms with Crippen molar-refractivity contribution in [1.82, 2.24) is 20.5 Å². The molecule has 2 aromatic carbocycles. The van der Waals surface area contributed by atoms with Crippen LogP contribution in [0.1, 0.15) is 53.7 Å². The first-order valence-electron chi connectivity index (χ1n) is 15.0. The Labute approximate surface area is 249 Å². The SMILES string of the molecule is N#Cc1cccc2[nH]c(C(=O)N3CC4CCCC4C3C(=O)N[C@@H](C[C@@H]3CCNC3=O)C(=O)COCc3ccccc3)cc12. The maximum Gasteiger partial charge on any atom is 0.271 e. The van der Waals surface area contributed by atoms with E-state index in [0.29, 0.717) is 41.7 Å². The van der Waals surface area contributed by atoms with Crippen LogP contribution in [-0.2, 0) is 25.7 Å². The van der Waals surface area contributed by atoms with E-state index in [4.69, 9.17) is 4.74 Å². The fourth-order valence-corrected chi connectivity index (χ4v) is 7.00. The lowest BCUT2D eigenvalue weighted by Crippen LogP contribution is -2.53. The minimum absolute atomic E-state index is 0.0112. The van der Waals surface area contributed by atoms with Crippen molar-refractivity contribution in [2.24, 2.45) is 17.8 Å². The second-order valence-electron chi connectivity index (χ2n) is 11.8. The number of ether oxygens (including phenoxy) is 1. The number of hydrogen-bond acceptors (Lipinski definition) is 6. The molecule has 1 saturated carbocycles. The summed E-state index contributed by atoms with van der Waals surface area (Å²) in [6.07, 6.45) is 3.51. The first-order chi connectivity index (χ1) is 20.9. The van der Waals surface area contributed by atoms with Crippen molar-refractivity contribution in [3.8, 4) is 6.07 Å². The predicted molar refractivity (Wildman–Crippen MR) is 157 cm³/mol. The number of H-pyrrole nitrogens is 1. The van der Waals surface area contributed by atoms with Crippen molar-refractivity contribution in [2.45, 2.75) is 50.8 Å². The summed E-state index contributed by atoms with van der Waals surface area (Å²) in [6, 6.07) is 17.0. The van der Waals surface area contributed by atoms with Crippen molar-refractivity contribution in [1.29, 1.82) is 5.26 Å². The number of nitriles is 1. The van der Waals surface area contributed by atoms with Crippen LogP contribution in [0, 0.1) is 29.1 Å². The first kappa shape index (κ1) is 28.6. The van der Waals surface area contributed by atoms with E-state index in [1.807, 2.05) is 36.4 Å². The van der Waals surface area contributed by atoms with Gasteiger partial charge in [0.2, 0.25) is 11.8 Å². The fraction of sp³-hybridized carbons (Fsp3) is 0.424. The molecule has 3 N–H and O–H groups in total. The molecule has 43 heavy (non-hydrogen) atoms. The largest absolute Gasteiger partial charge is 0.369 e. The zero-order valence-electron chi connectivity index (χ0n) is 23.9. The van der Waals surface area contributed by atoms with Gasteiger partial charge in [-0.3, -0.25) is 19.2 Å². The van der Waals surface area contributed by atoms with Crippen LogP contribution in [0.25, 0.3) is 10.9 Å². The highest BCUT2D eigenvalue weighted by molar-refractivity contribution is 6.02. The van der Waals surface area contributed by atoms with E-state index in [2.05, 4.69) is 21.7 Å². The molecule has 10 heteroatoms. The topological polar surface area (TPSA) is 144 Å². The molecule has 0 spiro atoms. The highest BCUT2D eigenvalue weighted by atomic mass is 16.5. The second kappa shape index (κ2) is 12.4. The zero-order valence-corrected chi connectivity index (χ0v) is 23.9. The van der Waals surface area contributed by atoms with Gasteiger partial charge in [0.05, 0.1) is 24.3 Å². The highest BCUT2D eigenvalue weighted by Gasteiger charge is 2.50. The molecule has 0 bridgehead atoms. The molecule has 1 aliphatic carbocycles. The molecule has 5 atom stereocenters. The summed E-state index contributed by atoms with van der Waals surface area (Å²) in [6.45, 7) is 1.04. The molecule has 3 fully saturated rings. The molecule has 2 saturated heterocycles. The summed E-state index contributed by atoms with van der Waals surface area (Å²) in [5, 5.41) is 15.9. The summed E-state index contributed by atoms with van der Waals surface area (Å²) < 4.78 is 5.70. The number of fused-ring (bicyclic) bond motifs is 2. The van der Waals surface area contributed by atoms with Gasteiger partial charge in [-0.2, -0.15) is 5.26 Å². The van der Waals surface area contributed by atoms with Crippen LogP contribution >= 0.6 is 0 Å². The smallest absolute Gasteiger partial charge is 0.271 e. The van der Waals surface area contributed by atoms with Gasteiger partial charge in [0.1, 0.15) is 18.3 Å². The number of carbonyl (C=O) groups is 4. The molecular formula is C33H35N5O5. The predicted octanol–water partition coefficient (Wildman–Crippen LogP) is 3.08. The van der Waals surface area contributed by atoms with E-state index in [9.17, 15) is 24.4 Å². The minimum Gasteiger partial charge on any atom is -0.369 e. The number of benzene rings is 2. The Balaban J connectivity index is 1.21. The maximum absolute atomic E-state index is 14.0. The van der Waals surface area contributed by atoms with Crippen LogP contribution in [0.15, 0.2) is 54.6 Å². The minimum atomic E-state index is -0.916. The average molecular weight is 582 g/mol. The number of ketones is 1. The Hall–Kier alpha value is -4.49. The van der Waals surface area contributed by atoms with Gasteiger partial charge in [-0.25, -0.2) is 0 Å². The van der Waals surface area contributed by atoms with E-state index in [1.165, 1.54) is 0 Å². The van der Waals surface area contributed by atoms with Crippen molar-refractivity contribution >= 4 is 34.4 Å². The van der Waals surface area contributed by atoms with Crippen molar-refractivity contribution in [3.05, 3.63) is 71.4 Å². The number of likely N-dealkylation sites (tertiary alicyclic amines) is 1. The maximum atomic E-state index is 14.0. The van der Waals surface area contributed by atoms with Crippen LogP contribution < -0.4 is 10.6 Å². The number of aromatic nitrogens is 1. The van der Waals surface area contributed by atoms with E-state index >= 15 is 0 Å². The molecule has 222 valence electrons. The van der Waals surface area contributed by atoms with Gasteiger partial charge in [0, 0.05) is 29.9 Å². The van der Waals surface area contributed by atoms with Gasteiger partial charge in [-0.15, -0.1) is 0 Å². The second-order valence-corrected chi connectivity index (χ2v) is 11.8. The van der Waals surface area contributed by atoms with Crippen LogP contribution in [0.3, 0.4) is 0 Å². The number of amides is 3. The molecule has 3 aromatic rings. The van der Waals surface area contributed by atoms with Crippen LogP contribution in [0.4, 0.5) is 0 Å². The Morgan fingerprint density at radius 2 is 1.93 bits per heavy atom. The third-order valence-electron chi connectivity index (χ3n) is 9.18. The van der Waals surface area contributed by atoms with Crippen LogP contribution in [0.5, 0.6) is 0 Å². The Morgan fingerprint density at radius 3 is 2.70 bits per heavy atom. The molecule has 1 aromatic heterocycles. The summed E-state index contributed by atoms with van der Waals surface area (Å²) in [5.74, 6) is -1.31. The molecule has 3 unspecified atom stereocenters. The lowest BCUT2D eigenvalue weighted by atomic mass is 9.92. The van der Waals surface area contributed by atoms with Crippen molar-refractivity contribution < 1.29 is 23.9 Å². The van der Waals surface area contributed by atoms with Gasteiger partial charge in [0.15, 0.2) is 5.78 Å². The number of Topliss-reactive ketones (excluding diaryl/α,β-unsaturated/α-hetero) is 1. The van der Waals surface area contributed by atoms with Crippen molar-refractivity contribution in [2.75, 3.05) is 19.7 Å². The van der Waals surface area contributed by atoms with Crippen LogP contribution in [-0.4, -0.2) is 65.2 Å². The van der Waals surface area contributed by atoms with Crippen molar-refractivity contribution in [3.63, 3.8) is 0 Å². The quantitative estimate of drug-likeness (QED) is 0.336. The Bertz CT molecular complexity index is 1580. The molecule has 3 aliphatic rings. The van der Waals surface area contributed by atoms with Gasteiger partial charge in [-0.05, 0) is 61.3 Å². The number of nitrogens with one attached hydrogen (secondary N) is 3. The highest BCUT2D eigenvalue weighted by Crippen LogP contribution is 2.43. The number of hydrogen-bond donors (Lipinski definition) is 3.